The highest BCUT2D eigenvalue weighted by Gasteiger charge is 2.29. The standard InChI is InChI=1S/C20H24N4O2S/c1-27-18-7-3-2-5-15(18)24-13-11-23(12-14-24)10-8-17-20(25)22-19-16(26-17)6-4-9-21-19/h2-7,9,17H,8,10-14H2,1H3,(H,21,22,25)/t17-/m1/s1. The first-order valence-electron chi connectivity index (χ1n) is 9.27. The fraction of sp³-hybridized carbons (Fsp3) is 0.400. The van der Waals surface area contributed by atoms with Gasteiger partial charge in [-0.1, -0.05) is 12.1 Å². The smallest absolute Gasteiger partial charge is 0.266 e. The summed E-state index contributed by atoms with van der Waals surface area (Å²) in [5.41, 5.74) is 1.32. The molecule has 0 aliphatic carbocycles. The topological polar surface area (TPSA) is 57.7 Å². The lowest BCUT2D eigenvalue weighted by Crippen LogP contribution is -2.48. The Hall–Kier alpha value is -2.25. The van der Waals surface area contributed by atoms with Crippen molar-refractivity contribution in [3.63, 3.8) is 0 Å². The summed E-state index contributed by atoms with van der Waals surface area (Å²) < 4.78 is 5.84. The predicted octanol–water partition coefficient (Wildman–Crippen LogP) is 2.72. The molecule has 0 saturated carbocycles. The minimum absolute atomic E-state index is 0.103. The molecule has 1 aromatic heterocycles. The predicted molar refractivity (Wildman–Crippen MR) is 109 cm³/mol. The molecule has 0 unspecified atom stereocenters. The molecule has 27 heavy (non-hydrogen) atoms. The summed E-state index contributed by atoms with van der Waals surface area (Å²) in [5, 5.41) is 2.83. The van der Waals surface area contributed by atoms with E-state index in [0.29, 0.717) is 18.0 Å². The summed E-state index contributed by atoms with van der Waals surface area (Å²) in [6, 6.07) is 12.2. The van der Waals surface area contributed by atoms with Gasteiger partial charge in [0.25, 0.3) is 5.91 Å². The van der Waals surface area contributed by atoms with Crippen LogP contribution >= 0.6 is 11.8 Å². The molecule has 2 aliphatic rings. The van der Waals surface area contributed by atoms with Gasteiger partial charge in [-0.3, -0.25) is 9.69 Å². The highest BCUT2D eigenvalue weighted by Crippen LogP contribution is 2.30. The molecule has 0 radical (unpaired) electrons. The van der Waals surface area contributed by atoms with Crippen LogP contribution < -0.4 is 15.0 Å². The zero-order valence-electron chi connectivity index (χ0n) is 15.4. The number of nitrogens with one attached hydrogen (secondary N) is 1. The van der Waals surface area contributed by atoms with Crippen LogP contribution in [0.1, 0.15) is 6.42 Å². The Morgan fingerprint density at radius 2 is 2.00 bits per heavy atom. The van der Waals surface area contributed by atoms with Crippen molar-refractivity contribution in [1.82, 2.24) is 9.88 Å². The largest absolute Gasteiger partial charge is 0.477 e. The number of benzene rings is 1. The van der Waals surface area contributed by atoms with Crippen molar-refractivity contribution in [2.75, 3.05) is 49.2 Å². The first-order valence-corrected chi connectivity index (χ1v) is 10.5. The number of carbonyl (C=O) groups excluding carboxylic acids is 1. The van der Waals surface area contributed by atoms with Gasteiger partial charge in [0.15, 0.2) is 17.7 Å². The van der Waals surface area contributed by atoms with Crippen LogP contribution in [0, 0.1) is 0 Å². The van der Waals surface area contributed by atoms with Crippen LogP contribution in [0.15, 0.2) is 47.5 Å². The van der Waals surface area contributed by atoms with E-state index in [1.807, 2.05) is 12.1 Å². The number of aromatic nitrogens is 1. The Morgan fingerprint density at radius 1 is 1.19 bits per heavy atom. The van der Waals surface area contributed by atoms with Crippen LogP contribution in [0.2, 0.25) is 0 Å². The summed E-state index contributed by atoms with van der Waals surface area (Å²) in [6.07, 6.45) is 4.01. The average molecular weight is 385 g/mol. The van der Waals surface area contributed by atoms with E-state index in [9.17, 15) is 4.79 Å². The second-order valence-electron chi connectivity index (χ2n) is 6.74. The van der Waals surface area contributed by atoms with Gasteiger partial charge in [-0.05, 0) is 30.5 Å². The Bertz CT molecular complexity index is 808. The van der Waals surface area contributed by atoms with E-state index < -0.39 is 6.10 Å². The third kappa shape index (κ3) is 4.04. The lowest BCUT2D eigenvalue weighted by atomic mass is 10.1. The van der Waals surface area contributed by atoms with Crippen molar-refractivity contribution in [3.8, 4) is 5.75 Å². The molecule has 1 aromatic carbocycles. The van der Waals surface area contributed by atoms with Crippen LogP contribution in [-0.2, 0) is 4.79 Å². The second-order valence-corrected chi connectivity index (χ2v) is 7.58. The van der Waals surface area contributed by atoms with Gasteiger partial charge in [0, 0.05) is 50.2 Å². The number of anilines is 2. The maximum Gasteiger partial charge on any atom is 0.266 e. The summed E-state index contributed by atoms with van der Waals surface area (Å²) >= 11 is 1.79. The minimum Gasteiger partial charge on any atom is -0.477 e. The van der Waals surface area contributed by atoms with E-state index in [2.05, 4.69) is 50.6 Å². The zero-order chi connectivity index (χ0) is 18.6. The molecule has 7 heteroatoms. The molecule has 1 fully saturated rings. The molecule has 6 nitrogen and oxygen atoms in total. The highest BCUT2D eigenvalue weighted by atomic mass is 32.2. The molecule has 1 amide bonds. The van der Waals surface area contributed by atoms with Crippen molar-refractivity contribution >= 4 is 29.2 Å². The molecule has 3 heterocycles. The molecule has 2 aliphatic heterocycles. The Balaban J connectivity index is 1.29. The van der Waals surface area contributed by atoms with Crippen molar-refractivity contribution in [2.45, 2.75) is 17.4 Å². The molecule has 142 valence electrons. The average Bonchev–Trinajstić information content (AvgIpc) is 2.72. The van der Waals surface area contributed by atoms with Gasteiger partial charge in [0.2, 0.25) is 0 Å². The van der Waals surface area contributed by atoms with Gasteiger partial charge in [-0.15, -0.1) is 11.8 Å². The van der Waals surface area contributed by atoms with Gasteiger partial charge in [-0.2, -0.15) is 0 Å². The van der Waals surface area contributed by atoms with Gasteiger partial charge >= 0.3 is 0 Å². The number of rotatable bonds is 5. The molecule has 4 rings (SSSR count). The number of hydrogen-bond donors (Lipinski definition) is 1. The fourth-order valence-electron chi connectivity index (χ4n) is 3.58. The maximum absolute atomic E-state index is 12.2. The summed E-state index contributed by atoms with van der Waals surface area (Å²) in [6.45, 7) is 4.85. The normalized spacial score (nSPS) is 20.0. The number of fused-ring (bicyclic) bond motifs is 1. The van der Waals surface area contributed by atoms with Crippen LogP contribution in [0.5, 0.6) is 5.75 Å². The molecule has 0 bridgehead atoms. The van der Waals surface area contributed by atoms with E-state index in [0.717, 1.165) is 32.7 Å². The minimum atomic E-state index is -0.447. The number of para-hydroxylation sites is 1. The summed E-state index contributed by atoms with van der Waals surface area (Å²) in [4.78, 5) is 22.6. The molecule has 1 saturated heterocycles. The molecule has 1 N–H and O–H groups in total. The van der Waals surface area contributed by atoms with Gasteiger partial charge in [0.05, 0.1) is 5.69 Å². The number of piperazine rings is 1. The van der Waals surface area contributed by atoms with E-state index in [4.69, 9.17) is 4.74 Å². The van der Waals surface area contributed by atoms with E-state index in [1.54, 1.807) is 18.0 Å². The number of carbonyl (C=O) groups is 1. The SMILES string of the molecule is CSc1ccccc1N1CCN(CC[C@H]2Oc3cccnc3NC2=O)CC1. The lowest BCUT2D eigenvalue weighted by molar-refractivity contribution is -0.124. The van der Waals surface area contributed by atoms with Gasteiger partial charge in [0.1, 0.15) is 0 Å². The molecule has 1 atom stereocenters. The Morgan fingerprint density at radius 3 is 2.81 bits per heavy atom. The lowest BCUT2D eigenvalue weighted by Gasteiger charge is -2.37. The summed E-state index contributed by atoms with van der Waals surface area (Å²) in [5.74, 6) is 1.06. The third-order valence-corrected chi connectivity index (χ3v) is 5.86. The van der Waals surface area contributed by atoms with Crippen LogP contribution in [0.4, 0.5) is 11.5 Å². The number of pyridine rings is 1. The second kappa shape index (κ2) is 8.19. The number of thioether (sulfide) groups is 1. The molecular formula is C20H24N4O2S. The Kier molecular flexibility index (Phi) is 5.50. The number of nitrogens with zero attached hydrogens (tertiary/aromatic N) is 3. The third-order valence-electron chi connectivity index (χ3n) is 5.08. The van der Waals surface area contributed by atoms with Crippen molar-refractivity contribution < 1.29 is 9.53 Å². The highest BCUT2D eigenvalue weighted by molar-refractivity contribution is 7.98. The van der Waals surface area contributed by atoms with Crippen molar-refractivity contribution in [3.05, 3.63) is 42.6 Å². The monoisotopic (exact) mass is 384 g/mol. The van der Waals surface area contributed by atoms with E-state index >= 15 is 0 Å². The first-order chi connectivity index (χ1) is 13.2. The van der Waals surface area contributed by atoms with Crippen LogP contribution in [0.25, 0.3) is 0 Å². The van der Waals surface area contributed by atoms with Gasteiger partial charge in [-0.25, -0.2) is 4.98 Å². The van der Waals surface area contributed by atoms with Gasteiger partial charge < -0.3 is 15.0 Å². The Labute approximate surface area is 163 Å². The number of ether oxygens (including phenoxy) is 1. The zero-order valence-corrected chi connectivity index (χ0v) is 16.2. The van der Waals surface area contributed by atoms with Crippen LogP contribution in [-0.4, -0.2) is 60.9 Å². The fourth-order valence-corrected chi connectivity index (χ4v) is 4.20. The molecule has 0 spiro atoms. The maximum atomic E-state index is 12.2. The number of hydrogen-bond acceptors (Lipinski definition) is 6. The quantitative estimate of drug-likeness (QED) is 0.800. The first kappa shape index (κ1) is 18.1. The molecular weight excluding hydrogens is 360 g/mol. The van der Waals surface area contributed by atoms with Crippen molar-refractivity contribution in [1.29, 1.82) is 0 Å². The number of amides is 1. The van der Waals surface area contributed by atoms with E-state index in [1.165, 1.54) is 10.6 Å². The molecule has 2 aromatic rings. The van der Waals surface area contributed by atoms with Crippen LogP contribution in [0.3, 0.4) is 0 Å². The van der Waals surface area contributed by atoms with Crippen molar-refractivity contribution in [2.24, 2.45) is 0 Å². The summed E-state index contributed by atoms with van der Waals surface area (Å²) in [7, 11) is 0. The van der Waals surface area contributed by atoms with E-state index in [-0.39, 0.29) is 5.91 Å².